The van der Waals surface area contributed by atoms with Gasteiger partial charge in [-0.15, -0.1) is 16.4 Å². The van der Waals surface area contributed by atoms with Gasteiger partial charge in [-0.05, 0) is 31.2 Å². The lowest BCUT2D eigenvalue weighted by Gasteiger charge is -2.19. The topological polar surface area (TPSA) is 86.4 Å². The summed E-state index contributed by atoms with van der Waals surface area (Å²) in [6.45, 7) is 2.88. The first-order chi connectivity index (χ1) is 11.1. The van der Waals surface area contributed by atoms with E-state index in [0.717, 1.165) is 24.3 Å². The number of amides is 1. The van der Waals surface area contributed by atoms with Crippen LogP contribution in [0.1, 0.15) is 26.2 Å². The van der Waals surface area contributed by atoms with E-state index in [9.17, 15) is 9.59 Å². The highest BCUT2D eigenvalue weighted by atomic mass is 32.1. The van der Waals surface area contributed by atoms with Crippen LogP contribution in [0.25, 0.3) is 10.8 Å². The van der Waals surface area contributed by atoms with Crippen molar-refractivity contribution in [3.63, 3.8) is 0 Å². The summed E-state index contributed by atoms with van der Waals surface area (Å²) in [6, 6.07) is 3.66. The molecule has 2 atom stereocenters. The minimum absolute atomic E-state index is 0.0271. The Hall–Kier alpha value is -1.93. The molecule has 1 N–H and O–H groups in total. The number of ether oxygens (including phenoxy) is 1. The van der Waals surface area contributed by atoms with E-state index < -0.39 is 5.76 Å². The molecule has 2 aromatic rings. The van der Waals surface area contributed by atoms with Gasteiger partial charge >= 0.3 is 5.76 Å². The van der Waals surface area contributed by atoms with Gasteiger partial charge in [0.25, 0.3) is 5.89 Å². The molecule has 7 nitrogen and oxygen atoms in total. The van der Waals surface area contributed by atoms with Crippen molar-refractivity contribution >= 4 is 17.2 Å². The Bertz CT molecular complexity index is 701. The predicted molar refractivity (Wildman–Crippen MR) is 85.3 cm³/mol. The van der Waals surface area contributed by atoms with Crippen LogP contribution in [0.15, 0.2) is 26.7 Å². The van der Waals surface area contributed by atoms with E-state index >= 15 is 0 Å². The fraction of sp³-hybridized carbons (Fsp3) is 0.533. The van der Waals surface area contributed by atoms with E-state index in [0.29, 0.717) is 0 Å². The van der Waals surface area contributed by atoms with Gasteiger partial charge in [0.2, 0.25) is 5.91 Å². The van der Waals surface area contributed by atoms with Gasteiger partial charge in [-0.1, -0.05) is 6.07 Å². The highest BCUT2D eigenvalue weighted by molar-refractivity contribution is 7.13. The zero-order valence-corrected chi connectivity index (χ0v) is 13.7. The fourth-order valence-electron chi connectivity index (χ4n) is 2.57. The van der Waals surface area contributed by atoms with E-state index in [1.54, 1.807) is 0 Å². The molecule has 0 aliphatic carbocycles. The van der Waals surface area contributed by atoms with Crippen LogP contribution in [0, 0.1) is 0 Å². The van der Waals surface area contributed by atoms with Gasteiger partial charge in [0, 0.05) is 13.0 Å². The Balaban J connectivity index is 1.53. The first kappa shape index (κ1) is 15.9. The minimum Gasteiger partial charge on any atom is -0.387 e. The molecule has 3 rings (SSSR count). The molecule has 1 aliphatic heterocycles. The molecule has 0 spiro atoms. The number of thiophene rings is 1. The van der Waals surface area contributed by atoms with E-state index in [-0.39, 0.29) is 36.9 Å². The summed E-state index contributed by atoms with van der Waals surface area (Å²) >= 11 is 1.44. The van der Waals surface area contributed by atoms with Gasteiger partial charge < -0.3 is 14.5 Å². The minimum atomic E-state index is -0.548. The lowest BCUT2D eigenvalue weighted by molar-refractivity contribution is -0.122. The second-order valence-corrected chi connectivity index (χ2v) is 6.48. The SMILES string of the molecule is C[C@@H](NC(=O)CCn1nc(-c2cccs2)oc1=O)[C@H]1CCCO1. The van der Waals surface area contributed by atoms with Crippen LogP contribution in [0.2, 0.25) is 0 Å². The Labute approximate surface area is 137 Å². The van der Waals surface area contributed by atoms with Crippen LogP contribution < -0.4 is 11.1 Å². The maximum absolute atomic E-state index is 12.0. The molecule has 1 fully saturated rings. The van der Waals surface area contributed by atoms with Gasteiger partial charge in [0.05, 0.1) is 23.6 Å². The maximum atomic E-state index is 12.0. The van der Waals surface area contributed by atoms with Crippen LogP contribution >= 0.6 is 11.3 Å². The lowest BCUT2D eigenvalue weighted by Crippen LogP contribution is -2.41. The zero-order chi connectivity index (χ0) is 16.2. The molecular formula is C15H19N3O4S. The maximum Gasteiger partial charge on any atom is 0.437 e. The van der Waals surface area contributed by atoms with Gasteiger partial charge in [-0.2, -0.15) is 4.68 Å². The summed E-state index contributed by atoms with van der Waals surface area (Å²) in [4.78, 5) is 24.5. The Morgan fingerprint density at radius 2 is 2.48 bits per heavy atom. The Kier molecular flexibility index (Phi) is 4.92. The molecule has 0 aromatic carbocycles. The highest BCUT2D eigenvalue weighted by Crippen LogP contribution is 2.21. The first-order valence-electron chi connectivity index (χ1n) is 7.66. The number of hydrogen-bond acceptors (Lipinski definition) is 6. The summed E-state index contributed by atoms with van der Waals surface area (Å²) in [7, 11) is 0. The third-order valence-electron chi connectivity index (χ3n) is 3.80. The number of rotatable bonds is 6. The molecule has 124 valence electrons. The normalized spacial score (nSPS) is 18.9. The molecule has 1 amide bonds. The third-order valence-corrected chi connectivity index (χ3v) is 4.66. The second-order valence-electron chi connectivity index (χ2n) is 5.53. The molecule has 8 heteroatoms. The van der Waals surface area contributed by atoms with E-state index in [4.69, 9.17) is 9.15 Å². The number of nitrogens with one attached hydrogen (secondary N) is 1. The largest absolute Gasteiger partial charge is 0.437 e. The van der Waals surface area contributed by atoms with Crippen molar-refractivity contribution in [2.75, 3.05) is 6.61 Å². The average Bonchev–Trinajstić information content (AvgIpc) is 3.27. The molecular weight excluding hydrogens is 318 g/mol. The van der Waals surface area contributed by atoms with Crippen molar-refractivity contribution in [3.8, 4) is 10.8 Å². The Morgan fingerprint density at radius 1 is 1.61 bits per heavy atom. The zero-order valence-electron chi connectivity index (χ0n) is 12.9. The molecule has 0 unspecified atom stereocenters. The third kappa shape index (κ3) is 3.89. The average molecular weight is 337 g/mol. The van der Waals surface area contributed by atoms with Crippen LogP contribution in [0.4, 0.5) is 0 Å². The Morgan fingerprint density at radius 3 is 3.17 bits per heavy atom. The number of hydrogen-bond donors (Lipinski definition) is 1. The summed E-state index contributed by atoms with van der Waals surface area (Å²) in [5.74, 6) is -0.382. The van der Waals surface area contributed by atoms with Crippen LogP contribution in [-0.4, -0.2) is 34.4 Å². The lowest BCUT2D eigenvalue weighted by atomic mass is 10.1. The summed E-state index contributed by atoms with van der Waals surface area (Å²) in [5, 5.41) is 8.92. The standard InChI is InChI=1S/C15H19N3O4S/c1-10(11-4-2-8-21-11)16-13(19)6-7-18-15(20)22-14(17-18)12-5-3-9-23-12/h3,5,9-11H,2,4,6-8H2,1H3,(H,16,19)/t10-,11-/m1/s1. The van der Waals surface area contributed by atoms with E-state index in [2.05, 4.69) is 10.4 Å². The molecule has 1 saturated heterocycles. The highest BCUT2D eigenvalue weighted by Gasteiger charge is 2.23. The molecule has 0 radical (unpaired) electrons. The van der Waals surface area contributed by atoms with E-state index in [1.807, 2.05) is 24.4 Å². The second kappa shape index (κ2) is 7.10. The van der Waals surface area contributed by atoms with Crippen LogP contribution in [-0.2, 0) is 16.1 Å². The van der Waals surface area contributed by atoms with Gasteiger partial charge in [-0.25, -0.2) is 4.79 Å². The molecule has 1 aliphatic rings. The van der Waals surface area contributed by atoms with Crippen LogP contribution in [0.3, 0.4) is 0 Å². The van der Waals surface area contributed by atoms with Gasteiger partial charge in [-0.3, -0.25) is 4.79 Å². The fourth-order valence-corrected chi connectivity index (χ4v) is 3.21. The van der Waals surface area contributed by atoms with Gasteiger partial charge in [0.1, 0.15) is 0 Å². The summed E-state index contributed by atoms with van der Waals surface area (Å²) in [6.07, 6.45) is 2.26. The molecule has 23 heavy (non-hydrogen) atoms. The number of nitrogens with zero attached hydrogens (tertiary/aromatic N) is 2. The van der Waals surface area contributed by atoms with Crippen molar-refractivity contribution in [1.82, 2.24) is 15.1 Å². The monoisotopic (exact) mass is 337 g/mol. The summed E-state index contributed by atoms with van der Waals surface area (Å²) in [5.41, 5.74) is 0. The molecule has 0 bridgehead atoms. The van der Waals surface area contributed by atoms with Gasteiger partial charge in [0.15, 0.2) is 0 Å². The first-order valence-corrected chi connectivity index (χ1v) is 8.54. The van der Waals surface area contributed by atoms with Crippen LogP contribution in [0.5, 0.6) is 0 Å². The van der Waals surface area contributed by atoms with Crippen molar-refractivity contribution in [2.45, 2.75) is 44.9 Å². The van der Waals surface area contributed by atoms with Crippen molar-refractivity contribution in [2.24, 2.45) is 0 Å². The molecule has 2 aromatic heterocycles. The van der Waals surface area contributed by atoms with Crippen molar-refractivity contribution in [1.29, 1.82) is 0 Å². The number of carbonyl (C=O) groups is 1. The molecule has 3 heterocycles. The number of carbonyl (C=O) groups excluding carboxylic acids is 1. The van der Waals surface area contributed by atoms with Crippen molar-refractivity contribution < 1.29 is 13.9 Å². The predicted octanol–water partition coefficient (Wildman–Crippen LogP) is 1.64. The number of aromatic nitrogens is 2. The summed E-state index contributed by atoms with van der Waals surface area (Å²) < 4.78 is 11.8. The van der Waals surface area contributed by atoms with E-state index in [1.165, 1.54) is 16.0 Å². The smallest absolute Gasteiger partial charge is 0.387 e. The quantitative estimate of drug-likeness (QED) is 0.866. The number of aryl methyl sites for hydroxylation is 1. The van der Waals surface area contributed by atoms with Crippen molar-refractivity contribution in [3.05, 3.63) is 28.1 Å². The molecule has 0 saturated carbocycles.